The number of halogens is 1. The molecule has 0 bridgehead atoms. The van der Waals surface area contributed by atoms with E-state index in [4.69, 9.17) is 14.2 Å². The van der Waals surface area contributed by atoms with E-state index in [0.29, 0.717) is 19.8 Å². The molecule has 1 amide bonds. The molecule has 0 aromatic rings. The first-order valence-corrected chi connectivity index (χ1v) is 9.60. The summed E-state index contributed by atoms with van der Waals surface area (Å²) in [7, 11) is 0. The maximum absolute atomic E-state index is 12.3. The van der Waals surface area contributed by atoms with Crippen molar-refractivity contribution < 1.29 is 19.0 Å². The molecule has 0 radical (unpaired) electrons. The van der Waals surface area contributed by atoms with Crippen molar-refractivity contribution in [2.24, 2.45) is 0 Å². The Morgan fingerprint density at radius 1 is 1.27 bits per heavy atom. The molecule has 1 rings (SSSR count). The van der Waals surface area contributed by atoms with Crippen LogP contribution in [-0.4, -0.2) is 59.5 Å². The van der Waals surface area contributed by atoms with Crippen LogP contribution in [0.2, 0.25) is 0 Å². The highest BCUT2D eigenvalue weighted by Crippen LogP contribution is 2.28. The Balaban J connectivity index is 2.51. The minimum atomic E-state index is -0.462. The van der Waals surface area contributed by atoms with Crippen LogP contribution in [0.3, 0.4) is 0 Å². The molecule has 0 N–H and O–H groups in total. The molecule has 0 aromatic heterocycles. The van der Waals surface area contributed by atoms with Crippen LogP contribution in [0, 0.1) is 0 Å². The monoisotopic (exact) mass is 427 g/mol. The average molecular weight is 427 g/mol. The van der Waals surface area contributed by atoms with Crippen LogP contribution >= 0.6 is 22.6 Å². The lowest BCUT2D eigenvalue weighted by molar-refractivity contribution is -0.0889. The molecule has 1 fully saturated rings. The third-order valence-electron chi connectivity index (χ3n) is 3.42. The van der Waals surface area contributed by atoms with Gasteiger partial charge in [-0.05, 0) is 40.0 Å². The number of likely N-dealkylation sites (tertiary alicyclic amines) is 1. The maximum atomic E-state index is 12.3. The number of hydrogen-bond acceptors (Lipinski definition) is 4. The first kappa shape index (κ1) is 20.0. The molecule has 0 aliphatic carbocycles. The number of amides is 1. The molecule has 0 aromatic carbocycles. The van der Waals surface area contributed by atoms with Crippen LogP contribution in [0.4, 0.5) is 4.79 Å². The number of nitrogens with zero attached hydrogens (tertiary/aromatic N) is 1. The molecular formula is C16H30INO4. The highest BCUT2D eigenvalue weighted by Gasteiger charge is 2.38. The number of ether oxygens (including phenoxy) is 3. The fraction of sp³-hybridized carbons (Fsp3) is 0.938. The fourth-order valence-electron chi connectivity index (χ4n) is 2.41. The lowest BCUT2D eigenvalue weighted by Crippen LogP contribution is -2.54. The molecule has 1 saturated heterocycles. The summed E-state index contributed by atoms with van der Waals surface area (Å²) >= 11 is 2.35. The van der Waals surface area contributed by atoms with Gasteiger partial charge in [0.25, 0.3) is 0 Å². The van der Waals surface area contributed by atoms with E-state index in [1.807, 2.05) is 20.8 Å². The zero-order chi connectivity index (χ0) is 16.6. The van der Waals surface area contributed by atoms with Crippen LogP contribution in [-0.2, 0) is 14.2 Å². The average Bonchev–Trinajstić information content (AvgIpc) is 2.45. The third kappa shape index (κ3) is 7.00. The summed E-state index contributed by atoms with van der Waals surface area (Å²) in [6, 6.07) is 0. The second-order valence-electron chi connectivity index (χ2n) is 6.78. The Labute approximate surface area is 148 Å². The number of hydrogen-bond donors (Lipinski definition) is 0. The maximum Gasteiger partial charge on any atom is 0.410 e. The molecule has 0 saturated carbocycles. The highest BCUT2D eigenvalue weighted by atomic mass is 127. The van der Waals surface area contributed by atoms with E-state index in [2.05, 4.69) is 29.5 Å². The molecule has 1 aliphatic heterocycles. The Kier molecular flexibility index (Phi) is 8.42. The van der Waals surface area contributed by atoms with E-state index >= 15 is 0 Å². The number of piperidine rings is 1. The summed E-state index contributed by atoms with van der Waals surface area (Å²) in [6.45, 7) is 11.1. The molecule has 1 atom stereocenters. The van der Waals surface area contributed by atoms with Gasteiger partial charge in [0.15, 0.2) is 0 Å². The Morgan fingerprint density at radius 2 is 2.00 bits per heavy atom. The number of carbonyl (C=O) groups is 1. The van der Waals surface area contributed by atoms with Crippen LogP contribution < -0.4 is 0 Å². The van der Waals surface area contributed by atoms with Crippen molar-refractivity contribution in [2.45, 2.75) is 58.2 Å². The van der Waals surface area contributed by atoms with Crippen molar-refractivity contribution in [3.63, 3.8) is 0 Å². The van der Waals surface area contributed by atoms with Crippen LogP contribution in [0.25, 0.3) is 0 Å². The summed E-state index contributed by atoms with van der Waals surface area (Å²) in [5.41, 5.74) is -0.734. The second-order valence-corrected chi connectivity index (χ2v) is 7.55. The summed E-state index contributed by atoms with van der Waals surface area (Å²) in [5.74, 6) is 0. The molecule has 1 heterocycles. The Hall–Kier alpha value is -0.0800. The normalized spacial score (nSPS) is 22.7. The first-order valence-electron chi connectivity index (χ1n) is 8.07. The van der Waals surface area contributed by atoms with Gasteiger partial charge in [0.05, 0.1) is 25.4 Å². The van der Waals surface area contributed by atoms with Gasteiger partial charge in [0.2, 0.25) is 0 Å². The van der Waals surface area contributed by atoms with Gasteiger partial charge in [-0.15, -0.1) is 0 Å². The van der Waals surface area contributed by atoms with Crippen molar-refractivity contribution in [2.75, 3.05) is 37.3 Å². The molecule has 6 heteroatoms. The molecule has 22 heavy (non-hydrogen) atoms. The van der Waals surface area contributed by atoms with Gasteiger partial charge in [-0.25, -0.2) is 4.79 Å². The summed E-state index contributed by atoms with van der Waals surface area (Å²) in [5, 5.41) is 0. The van der Waals surface area contributed by atoms with Gasteiger partial charge in [0.1, 0.15) is 5.60 Å². The lowest BCUT2D eigenvalue weighted by Gasteiger charge is -2.41. The van der Waals surface area contributed by atoms with Gasteiger partial charge in [-0.3, -0.25) is 0 Å². The predicted octanol–water partition coefficient (Wildman–Crippen LogP) is 3.63. The van der Waals surface area contributed by atoms with Crippen molar-refractivity contribution in [1.82, 2.24) is 4.90 Å². The van der Waals surface area contributed by atoms with Crippen LogP contribution in [0.15, 0.2) is 0 Å². The lowest BCUT2D eigenvalue weighted by atomic mass is 9.95. The van der Waals surface area contributed by atoms with E-state index in [1.54, 1.807) is 4.90 Å². The van der Waals surface area contributed by atoms with Gasteiger partial charge in [-0.2, -0.15) is 0 Å². The Morgan fingerprint density at radius 3 is 2.59 bits per heavy atom. The van der Waals surface area contributed by atoms with Crippen molar-refractivity contribution in [1.29, 1.82) is 0 Å². The number of carbonyl (C=O) groups excluding carboxylic acids is 1. The number of alkyl halides is 1. The summed E-state index contributed by atoms with van der Waals surface area (Å²) in [6.07, 6.45) is 2.69. The minimum absolute atomic E-state index is 0.243. The van der Waals surface area contributed by atoms with E-state index in [1.165, 1.54) is 0 Å². The quantitative estimate of drug-likeness (QED) is 0.354. The van der Waals surface area contributed by atoms with E-state index in [0.717, 1.165) is 36.8 Å². The van der Waals surface area contributed by atoms with Crippen molar-refractivity contribution in [3.8, 4) is 0 Å². The largest absolute Gasteiger partial charge is 0.444 e. The second kappa shape index (κ2) is 9.27. The standard InChI is InChI=1S/C16H30INO4/c1-5-9-20-10-11-21-16(12-17)7-6-8-18(13-16)14(19)22-15(2,3)4/h5-13H2,1-4H3. The molecule has 1 unspecified atom stereocenters. The zero-order valence-corrected chi connectivity index (χ0v) is 16.5. The van der Waals surface area contributed by atoms with Gasteiger partial charge < -0.3 is 19.1 Å². The summed E-state index contributed by atoms with van der Waals surface area (Å²) < 4.78 is 17.9. The first-order chi connectivity index (χ1) is 10.3. The zero-order valence-electron chi connectivity index (χ0n) is 14.3. The van der Waals surface area contributed by atoms with E-state index in [9.17, 15) is 4.79 Å². The van der Waals surface area contributed by atoms with Crippen molar-refractivity contribution >= 4 is 28.7 Å². The third-order valence-corrected chi connectivity index (χ3v) is 4.81. The highest BCUT2D eigenvalue weighted by molar-refractivity contribution is 14.1. The molecular weight excluding hydrogens is 397 g/mol. The SMILES string of the molecule is CCCOCCOC1(CI)CCCN(C(=O)OC(C)(C)C)C1. The Bertz CT molecular complexity index is 346. The molecule has 1 aliphatic rings. The van der Waals surface area contributed by atoms with Crippen LogP contribution in [0.1, 0.15) is 47.0 Å². The number of rotatable bonds is 7. The predicted molar refractivity (Wildman–Crippen MR) is 95.7 cm³/mol. The fourth-order valence-corrected chi connectivity index (χ4v) is 3.25. The van der Waals surface area contributed by atoms with Gasteiger partial charge >= 0.3 is 6.09 Å². The molecule has 0 spiro atoms. The van der Waals surface area contributed by atoms with Gasteiger partial charge in [0, 0.05) is 17.6 Å². The van der Waals surface area contributed by atoms with Crippen molar-refractivity contribution in [3.05, 3.63) is 0 Å². The smallest absolute Gasteiger partial charge is 0.410 e. The molecule has 130 valence electrons. The van der Waals surface area contributed by atoms with Crippen LogP contribution in [0.5, 0.6) is 0 Å². The minimum Gasteiger partial charge on any atom is -0.444 e. The van der Waals surface area contributed by atoms with Gasteiger partial charge in [-0.1, -0.05) is 29.5 Å². The topological polar surface area (TPSA) is 48.0 Å². The summed E-state index contributed by atoms with van der Waals surface area (Å²) in [4.78, 5) is 14.0. The molecule has 5 nitrogen and oxygen atoms in total. The van der Waals surface area contributed by atoms with E-state index in [-0.39, 0.29) is 11.7 Å². The van der Waals surface area contributed by atoms with E-state index < -0.39 is 5.60 Å².